The van der Waals surface area contributed by atoms with Crippen LogP contribution in [-0.4, -0.2) is 215 Å². The van der Waals surface area contributed by atoms with Gasteiger partial charge in [-0.15, -0.1) is 0 Å². The number of aromatic carboxylic acids is 1. The van der Waals surface area contributed by atoms with E-state index < -0.39 is 11.9 Å². The van der Waals surface area contributed by atoms with E-state index in [4.69, 9.17) is 38.4 Å². The second kappa shape index (κ2) is 35.2. The Morgan fingerprint density at radius 2 is 1.41 bits per heavy atom. The number of amides is 6. The molecule has 3 aliphatic heterocycles. The Balaban J connectivity index is 0.912. The van der Waals surface area contributed by atoms with Gasteiger partial charge in [0.25, 0.3) is 5.91 Å². The summed E-state index contributed by atoms with van der Waals surface area (Å²) < 4.78 is 41.7. The van der Waals surface area contributed by atoms with Crippen molar-refractivity contribution in [3.63, 3.8) is 0 Å². The van der Waals surface area contributed by atoms with Gasteiger partial charge in [0.05, 0.1) is 103 Å². The summed E-state index contributed by atoms with van der Waals surface area (Å²) in [7, 11) is 7.65. The van der Waals surface area contributed by atoms with Gasteiger partial charge in [0.2, 0.25) is 23.1 Å². The molecule has 25 nitrogen and oxygen atoms in total. The molecule has 0 saturated carbocycles. The number of hydrogen-bond donors (Lipinski definition) is 6. The van der Waals surface area contributed by atoms with E-state index in [1.54, 1.807) is 6.07 Å². The topological polar surface area (TPSA) is 310 Å². The molecule has 4 aliphatic rings. The zero-order valence-electron chi connectivity index (χ0n) is 48.0. The second-order valence-electron chi connectivity index (χ2n) is 20.0. The number of ether oxygens (including phenoxy) is 6. The largest absolute Gasteiger partial charge is 0.478 e. The molecular formula is C57H80N11O14S+. The van der Waals surface area contributed by atoms with Crippen LogP contribution in [0, 0.1) is 0 Å². The first-order chi connectivity index (χ1) is 40.2. The Morgan fingerprint density at radius 3 is 2.07 bits per heavy atom. The summed E-state index contributed by atoms with van der Waals surface area (Å²) in [4.78, 5) is 83.2. The number of nitrogens with one attached hydrogen (secondary N) is 5. The molecule has 83 heavy (non-hydrogen) atoms. The van der Waals surface area contributed by atoms with Gasteiger partial charge in [-0.05, 0) is 60.3 Å². The highest BCUT2D eigenvalue weighted by Crippen LogP contribution is 2.42. The summed E-state index contributed by atoms with van der Waals surface area (Å²) >= 11 is 1.87. The van der Waals surface area contributed by atoms with Crippen LogP contribution in [0.4, 0.5) is 10.5 Å². The van der Waals surface area contributed by atoms with Crippen LogP contribution in [-0.2, 0) is 42.8 Å². The molecule has 0 unspecified atom stereocenters. The monoisotopic (exact) mass is 1170 g/mol. The van der Waals surface area contributed by atoms with Gasteiger partial charge < -0.3 is 74.3 Å². The van der Waals surface area contributed by atoms with Crippen LogP contribution in [0.1, 0.15) is 59.2 Å². The number of unbranched alkanes of at least 4 members (excludes halogenated alkanes) is 1. The molecule has 0 radical (unpaired) electrons. The van der Waals surface area contributed by atoms with Crippen LogP contribution < -0.4 is 41.4 Å². The van der Waals surface area contributed by atoms with Crippen LogP contribution in [0.5, 0.6) is 0 Å². The molecule has 2 aromatic carbocycles. The third-order valence-corrected chi connectivity index (χ3v) is 15.2. The van der Waals surface area contributed by atoms with E-state index in [0.717, 1.165) is 36.1 Å². The average molecular weight is 1180 g/mol. The predicted octanol–water partition coefficient (Wildman–Crippen LogP) is 3.71. The lowest BCUT2D eigenvalue weighted by molar-refractivity contribution is -0.132. The maximum atomic E-state index is 13.8. The van der Waals surface area contributed by atoms with Gasteiger partial charge in [0, 0.05) is 128 Å². The minimum atomic E-state index is -1.17. The predicted molar refractivity (Wildman–Crippen MR) is 314 cm³/mol. The molecular weight excluding hydrogens is 1090 g/mol. The number of carboxylic acid groups (broad SMARTS) is 1. The van der Waals surface area contributed by atoms with Crippen LogP contribution in [0.25, 0.3) is 43.9 Å². The number of rotatable bonds is 39. The molecule has 6 amide bonds. The normalized spacial score (nSPS) is 15.3. The van der Waals surface area contributed by atoms with Gasteiger partial charge in [-0.1, -0.05) is 11.5 Å². The summed E-state index contributed by atoms with van der Waals surface area (Å²) in [5.74, 6) is -0.864. The minimum absolute atomic E-state index is 0.00301. The van der Waals surface area contributed by atoms with Crippen molar-refractivity contribution in [2.24, 2.45) is 5.11 Å². The fourth-order valence-corrected chi connectivity index (χ4v) is 10.9. The summed E-state index contributed by atoms with van der Waals surface area (Å²) in [5, 5.41) is 30.2. The van der Waals surface area contributed by atoms with Gasteiger partial charge in [0.15, 0.2) is 0 Å². The quantitative estimate of drug-likeness (QED) is 0.00706. The highest BCUT2D eigenvalue weighted by molar-refractivity contribution is 8.00. The fourth-order valence-electron chi connectivity index (χ4n) is 9.32. The number of carboxylic acids is 1. The van der Waals surface area contributed by atoms with E-state index in [1.165, 1.54) is 17.0 Å². The minimum Gasteiger partial charge on any atom is -0.478 e. The number of urea groups is 1. The van der Waals surface area contributed by atoms with Crippen LogP contribution in [0.3, 0.4) is 0 Å². The van der Waals surface area contributed by atoms with Crippen molar-refractivity contribution in [3.05, 3.63) is 81.5 Å². The van der Waals surface area contributed by atoms with E-state index in [9.17, 15) is 33.9 Å². The number of thioether (sulfide) groups is 1. The lowest BCUT2D eigenvalue weighted by Gasteiger charge is -2.23. The van der Waals surface area contributed by atoms with Crippen molar-refractivity contribution in [2.75, 3.05) is 157 Å². The van der Waals surface area contributed by atoms with Gasteiger partial charge in [-0.25, -0.2) is 14.2 Å². The molecule has 0 bridgehead atoms. The zero-order chi connectivity index (χ0) is 59.3. The number of carbonyl (C=O) groups is 6. The van der Waals surface area contributed by atoms with E-state index in [-0.39, 0.29) is 126 Å². The number of benzene rings is 3. The first kappa shape index (κ1) is 65.1. The van der Waals surface area contributed by atoms with Crippen molar-refractivity contribution >= 4 is 64.0 Å². The number of fused-ring (bicyclic) bond motifs is 3. The molecule has 26 heteroatoms. The third kappa shape index (κ3) is 21.3. The van der Waals surface area contributed by atoms with Gasteiger partial charge in [0.1, 0.15) is 25.4 Å². The van der Waals surface area contributed by atoms with Crippen LogP contribution >= 0.6 is 11.8 Å². The molecule has 3 atom stereocenters. The highest BCUT2D eigenvalue weighted by Gasteiger charge is 2.42. The van der Waals surface area contributed by atoms with Crippen molar-refractivity contribution in [1.82, 2.24) is 36.1 Å². The molecule has 2 fully saturated rings. The smallest absolute Gasteiger partial charge is 0.336 e. The molecule has 452 valence electrons. The third-order valence-electron chi connectivity index (χ3n) is 13.7. The van der Waals surface area contributed by atoms with E-state index in [1.807, 2.05) is 85.8 Å². The van der Waals surface area contributed by atoms with Gasteiger partial charge >= 0.3 is 12.0 Å². The lowest BCUT2D eigenvalue weighted by Crippen LogP contribution is -2.39. The maximum Gasteiger partial charge on any atom is 0.336 e. The summed E-state index contributed by atoms with van der Waals surface area (Å²) in [6, 6.07) is 16.1. The zero-order valence-corrected chi connectivity index (χ0v) is 48.8. The fraction of sp³-hybridized carbons (Fsp3) is 0.561. The second-order valence-corrected chi connectivity index (χ2v) is 21.3. The standard InChI is InChI=1S/C57H79N11O14S/c1-66(2)40-10-13-43-47(36-40)82-48-37-41(67(3)4)11-14-44(48)53(43)45-35-39(9-12-42(45)56(73)74)55(72)61-17-15-52(71)68(22-26-79-30-34-81-33-29-78-25-20-62-65-58)21-16-51(70)60-19-24-77-28-32-80-31-27-76-23-18-59-50(69)8-6-5-7-49-54-46(38-83-49)63-57(75)64-54/h9-14,35-37,46,49,54H,5-8,15-34,38H2,1-4H3,(H5-,59,60,61,63,64,69,70,72,73,74,75)/p+1/t46-,49-,54-/m0/s1. The number of carbonyl (C=O) groups excluding carboxylic acids is 5. The Kier molecular flexibility index (Phi) is 27.6. The summed E-state index contributed by atoms with van der Waals surface area (Å²) in [6.45, 7) is 4.59. The molecule has 2 aromatic rings. The molecule has 6 N–H and O–H groups in total. The van der Waals surface area contributed by atoms with Crippen molar-refractivity contribution in [1.29, 1.82) is 0 Å². The van der Waals surface area contributed by atoms with Gasteiger partial charge in [-0.3, -0.25) is 19.2 Å². The first-order valence-electron chi connectivity index (χ1n) is 28.0. The Labute approximate surface area is 487 Å². The first-order valence-corrected chi connectivity index (χ1v) is 29.1. The Bertz CT molecular complexity index is 2880. The number of nitrogens with zero attached hydrogens (tertiary/aromatic N) is 6. The summed E-state index contributed by atoms with van der Waals surface area (Å²) in [5.41, 5.74) is 11.5. The van der Waals surface area contributed by atoms with E-state index in [2.05, 4.69) is 36.6 Å². The maximum absolute atomic E-state index is 13.8. The van der Waals surface area contributed by atoms with E-state index >= 15 is 0 Å². The van der Waals surface area contributed by atoms with Gasteiger partial charge in [-0.2, -0.15) is 11.8 Å². The molecule has 6 rings (SSSR count). The number of hydrogen-bond acceptors (Lipinski definition) is 16. The SMILES string of the molecule is CN(C)c1ccc2c(-c3cc(C(=O)NCCC(=O)N(CCOCCOCCOCCN=[N+]=[N-])CCC(=O)NCCOCCOCCOCCNC(=O)CCCC[C@@H]4SC[C@@H]5NC(=O)N[C@@H]54)ccc3C(=O)O)c3ccc(=[N+](C)C)cc-3oc2c1. The Morgan fingerprint density at radius 1 is 0.747 bits per heavy atom. The highest BCUT2D eigenvalue weighted by atomic mass is 32.2. The molecule has 3 heterocycles. The average Bonchev–Trinajstić information content (AvgIpc) is 3.70. The number of azide groups is 1. The van der Waals surface area contributed by atoms with Crippen molar-refractivity contribution < 1.29 is 66.7 Å². The van der Waals surface area contributed by atoms with Crippen LogP contribution in [0.15, 0.2) is 64.1 Å². The van der Waals surface area contributed by atoms with Crippen molar-refractivity contribution in [3.8, 4) is 22.5 Å². The molecule has 0 spiro atoms. The Hall–Kier alpha value is -7.03. The van der Waals surface area contributed by atoms with Crippen molar-refractivity contribution in [2.45, 2.75) is 55.9 Å². The summed E-state index contributed by atoms with van der Waals surface area (Å²) in [6.07, 6.45) is 3.03. The number of anilines is 1. The van der Waals surface area contributed by atoms with E-state index in [0.29, 0.717) is 97.9 Å². The van der Waals surface area contributed by atoms with Crippen LogP contribution in [0.2, 0.25) is 0 Å². The lowest BCUT2D eigenvalue weighted by atomic mass is 9.89. The molecule has 2 saturated heterocycles. The molecule has 1 aliphatic carbocycles. The molecule has 0 aromatic heterocycles.